The molecular weight excluding hydrogens is 308 g/mol. The van der Waals surface area contributed by atoms with E-state index in [1.807, 2.05) is 0 Å². The lowest BCUT2D eigenvalue weighted by molar-refractivity contribution is -0.139. The highest BCUT2D eigenvalue weighted by atomic mass is 32.2. The highest BCUT2D eigenvalue weighted by molar-refractivity contribution is 7.89. The number of ether oxygens (including phenoxy) is 1. The number of hydrogen-bond donors (Lipinski definition) is 2. The van der Waals surface area contributed by atoms with Gasteiger partial charge in [0, 0.05) is 11.6 Å². The van der Waals surface area contributed by atoms with Gasteiger partial charge in [0.25, 0.3) is 0 Å². The van der Waals surface area contributed by atoms with Crippen molar-refractivity contribution < 1.29 is 22.7 Å². The van der Waals surface area contributed by atoms with Crippen molar-refractivity contribution in [3.05, 3.63) is 24.3 Å². The monoisotopic (exact) mass is 326 g/mol. The topological polar surface area (TPSA) is 102 Å². The molecule has 0 aromatic heterocycles. The third-order valence-electron chi connectivity index (χ3n) is 3.54. The van der Waals surface area contributed by atoms with E-state index in [4.69, 9.17) is 0 Å². The SMILES string of the molecule is COC(=O)CNS(=O)(=O)c1ccc(NC(=O)C2CCC2)cc1. The fraction of sp³-hybridized carbons (Fsp3) is 0.429. The quantitative estimate of drug-likeness (QED) is 0.756. The molecule has 1 fully saturated rings. The van der Waals surface area contributed by atoms with Crippen molar-refractivity contribution in [3.8, 4) is 0 Å². The minimum atomic E-state index is -3.78. The lowest BCUT2D eigenvalue weighted by Crippen LogP contribution is -2.30. The summed E-state index contributed by atoms with van der Waals surface area (Å²) in [6, 6.07) is 5.78. The van der Waals surface area contributed by atoms with E-state index in [0.717, 1.165) is 19.3 Å². The summed E-state index contributed by atoms with van der Waals surface area (Å²) in [5.41, 5.74) is 0.545. The van der Waals surface area contributed by atoms with Crippen molar-refractivity contribution in [1.29, 1.82) is 0 Å². The van der Waals surface area contributed by atoms with Crippen LogP contribution in [-0.2, 0) is 24.3 Å². The van der Waals surface area contributed by atoms with Gasteiger partial charge in [-0.15, -0.1) is 0 Å². The summed E-state index contributed by atoms with van der Waals surface area (Å²) in [4.78, 5) is 22.8. The van der Waals surface area contributed by atoms with Gasteiger partial charge in [-0.2, -0.15) is 4.72 Å². The minimum Gasteiger partial charge on any atom is -0.468 e. The normalized spacial score (nSPS) is 15.0. The van der Waals surface area contributed by atoms with Gasteiger partial charge < -0.3 is 10.1 Å². The van der Waals surface area contributed by atoms with Crippen molar-refractivity contribution >= 4 is 27.6 Å². The maximum atomic E-state index is 11.9. The third-order valence-corrected chi connectivity index (χ3v) is 4.96. The first-order valence-corrected chi connectivity index (χ1v) is 8.38. The van der Waals surface area contributed by atoms with Crippen LogP contribution in [0.15, 0.2) is 29.2 Å². The van der Waals surface area contributed by atoms with Crippen LogP contribution in [0.5, 0.6) is 0 Å². The standard InChI is InChI=1S/C14H18N2O5S/c1-21-13(17)9-15-22(19,20)12-7-5-11(6-8-12)16-14(18)10-3-2-4-10/h5-8,10,15H,2-4,9H2,1H3,(H,16,18). The van der Waals surface area contributed by atoms with E-state index in [2.05, 4.69) is 14.8 Å². The maximum absolute atomic E-state index is 11.9. The first-order valence-electron chi connectivity index (χ1n) is 6.90. The smallest absolute Gasteiger partial charge is 0.320 e. The van der Waals surface area contributed by atoms with Crippen LogP contribution in [0.2, 0.25) is 0 Å². The van der Waals surface area contributed by atoms with Crippen molar-refractivity contribution in [2.45, 2.75) is 24.2 Å². The number of methoxy groups -OCH3 is 1. The van der Waals surface area contributed by atoms with Crippen LogP contribution in [0, 0.1) is 5.92 Å². The number of carbonyl (C=O) groups is 2. The molecule has 0 unspecified atom stereocenters. The molecule has 1 aromatic rings. The highest BCUT2D eigenvalue weighted by Gasteiger charge is 2.25. The number of carbonyl (C=O) groups excluding carboxylic acids is 2. The second-order valence-corrected chi connectivity index (χ2v) is 6.81. The zero-order valence-electron chi connectivity index (χ0n) is 12.2. The second kappa shape index (κ2) is 6.89. The molecule has 1 aliphatic carbocycles. The predicted molar refractivity (Wildman–Crippen MR) is 79.6 cm³/mol. The van der Waals surface area contributed by atoms with Crippen LogP contribution >= 0.6 is 0 Å². The summed E-state index contributed by atoms with van der Waals surface area (Å²) >= 11 is 0. The fourth-order valence-corrected chi connectivity index (χ4v) is 2.91. The van der Waals surface area contributed by atoms with E-state index in [-0.39, 0.29) is 16.7 Å². The Bertz CT molecular complexity index is 650. The molecule has 1 aromatic carbocycles. The van der Waals surface area contributed by atoms with Gasteiger partial charge in [0.05, 0.1) is 12.0 Å². The van der Waals surface area contributed by atoms with E-state index in [9.17, 15) is 18.0 Å². The highest BCUT2D eigenvalue weighted by Crippen LogP contribution is 2.27. The van der Waals surface area contributed by atoms with Crippen LogP contribution < -0.4 is 10.0 Å². The lowest BCUT2D eigenvalue weighted by Gasteiger charge is -2.24. The number of esters is 1. The molecule has 0 bridgehead atoms. The van der Waals surface area contributed by atoms with Gasteiger partial charge in [-0.25, -0.2) is 8.42 Å². The number of nitrogens with one attached hydrogen (secondary N) is 2. The molecule has 1 amide bonds. The predicted octanol–water partition coefficient (Wildman–Crippen LogP) is 0.876. The average molecular weight is 326 g/mol. The summed E-state index contributed by atoms with van der Waals surface area (Å²) in [6.45, 7) is -0.432. The molecule has 2 rings (SSSR count). The first kappa shape index (κ1) is 16.4. The first-order chi connectivity index (χ1) is 10.4. The van der Waals surface area contributed by atoms with Crippen LogP contribution in [0.25, 0.3) is 0 Å². The Morgan fingerprint density at radius 3 is 2.36 bits per heavy atom. The van der Waals surface area contributed by atoms with E-state index in [1.165, 1.54) is 31.4 Å². The maximum Gasteiger partial charge on any atom is 0.320 e. The molecule has 1 aliphatic rings. The molecule has 0 heterocycles. The largest absolute Gasteiger partial charge is 0.468 e. The minimum absolute atomic E-state index is 0.0121. The van der Waals surface area contributed by atoms with Gasteiger partial charge in [0.2, 0.25) is 15.9 Å². The number of benzene rings is 1. The summed E-state index contributed by atoms with van der Waals surface area (Å²) in [5.74, 6) is -0.649. The lowest BCUT2D eigenvalue weighted by atomic mass is 9.85. The molecule has 8 heteroatoms. The molecule has 22 heavy (non-hydrogen) atoms. The summed E-state index contributed by atoms with van der Waals surface area (Å²) in [5, 5.41) is 2.75. The van der Waals surface area contributed by atoms with Gasteiger partial charge in [-0.1, -0.05) is 6.42 Å². The summed E-state index contributed by atoms with van der Waals surface area (Å²) in [6.07, 6.45) is 2.87. The Balaban J connectivity index is 1.98. The Hall–Kier alpha value is -1.93. The number of rotatable bonds is 6. The van der Waals surface area contributed by atoms with Crippen LogP contribution in [0.3, 0.4) is 0 Å². The van der Waals surface area contributed by atoms with E-state index < -0.39 is 22.5 Å². The van der Waals surface area contributed by atoms with Crippen molar-refractivity contribution in [2.75, 3.05) is 19.0 Å². The van der Waals surface area contributed by atoms with Crippen molar-refractivity contribution in [2.24, 2.45) is 5.92 Å². The third kappa shape index (κ3) is 4.05. The van der Waals surface area contributed by atoms with E-state index >= 15 is 0 Å². The van der Waals surface area contributed by atoms with Crippen molar-refractivity contribution in [3.63, 3.8) is 0 Å². The molecule has 7 nitrogen and oxygen atoms in total. The van der Waals surface area contributed by atoms with Gasteiger partial charge in [-0.3, -0.25) is 9.59 Å². The molecule has 1 saturated carbocycles. The van der Waals surface area contributed by atoms with Crippen LogP contribution in [0.4, 0.5) is 5.69 Å². The molecule has 0 radical (unpaired) electrons. The Morgan fingerprint density at radius 2 is 1.86 bits per heavy atom. The number of hydrogen-bond acceptors (Lipinski definition) is 5. The molecule has 0 atom stereocenters. The number of sulfonamides is 1. The van der Waals surface area contributed by atoms with E-state index in [1.54, 1.807) is 0 Å². The molecule has 0 aliphatic heterocycles. The Morgan fingerprint density at radius 1 is 1.23 bits per heavy atom. The number of anilines is 1. The van der Waals surface area contributed by atoms with Gasteiger partial charge in [-0.05, 0) is 37.1 Å². The Labute approximate surface area is 129 Å². The van der Waals surface area contributed by atoms with Crippen molar-refractivity contribution in [1.82, 2.24) is 4.72 Å². The molecule has 0 spiro atoms. The molecule has 0 saturated heterocycles. The Kier molecular flexibility index (Phi) is 5.15. The van der Waals surface area contributed by atoms with Gasteiger partial charge in [0.15, 0.2) is 0 Å². The van der Waals surface area contributed by atoms with Gasteiger partial charge in [0.1, 0.15) is 6.54 Å². The average Bonchev–Trinajstić information content (AvgIpc) is 2.43. The zero-order valence-corrected chi connectivity index (χ0v) is 13.0. The number of amides is 1. The second-order valence-electron chi connectivity index (χ2n) is 5.04. The summed E-state index contributed by atoms with van der Waals surface area (Å²) in [7, 11) is -2.61. The zero-order chi connectivity index (χ0) is 16.2. The molecule has 2 N–H and O–H groups in total. The van der Waals surface area contributed by atoms with Crippen LogP contribution in [-0.4, -0.2) is 33.9 Å². The van der Waals surface area contributed by atoms with Gasteiger partial charge >= 0.3 is 5.97 Å². The fourth-order valence-electron chi connectivity index (χ4n) is 1.94. The molecule has 120 valence electrons. The molecular formula is C14H18N2O5S. The van der Waals surface area contributed by atoms with Crippen LogP contribution in [0.1, 0.15) is 19.3 Å². The summed E-state index contributed by atoms with van der Waals surface area (Å²) < 4.78 is 30.4. The van der Waals surface area contributed by atoms with E-state index in [0.29, 0.717) is 5.69 Å².